The molecule has 17 heavy (non-hydrogen) atoms. The maximum Gasteiger partial charge on any atom is 0.227 e. The van der Waals surface area contributed by atoms with Crippen molar-refractivity contribution in [3.8, 4) is 0 Å². The van der Waals surface area contributed by atoms with E-state index in [4.69, 9.17) is 0 Å². The molecule has 1 aromatic rings. The number of aryl methyl sites for hydroxylation is 1. The van der Waals surface area contributed by atoms with Gasteiger partial charge in [0.05, 0.1) is 5.92 Å². The summed E-state index contributed by atoms with van der Waals surface area (Å²) in [6.07, 6.45) is 0.299. The van der Waals surface area contributed by atoms with E-state index in [-0.39, 0.29) is 17.7 Å². The summed E-state index contributed by atoms with van der Waals surface area (Å²) in [5, 5.41) is 2.59. The van der Waals surface area contributed by atoms with E-state index in [1.54, 1.807) is 11.9 Å². The largest absolute Gasteiger partial charge is 0.359 e. The van der Waals surface area contributed by atoms with Crippen molar-refractivity contribution in [1.29, 1.82) is 0 Å². The van der Waals surface area contributed by atoms with Gasteiger partial charge in [-0.2, -0.15) is 0 Å². The smallest absolute Gasteiger partial charge is 0.227 e. The van der Waals surface area contributed by atoms with E-state index < -0.39 is 0 Å². The van der Waals surface area contributed by atoms with Crippen LogP contribution in [0, 0.1) is 12.8 Å². The Morgan fingerprint density at radius 3 is 2.88 bits per heavy atom. The SMILES string of the molecule is CNC(=O)[C@@H]1CC(=O)N(c2cccc(C)c2)C1. The topological polar surface area (TPSA) is 49.4 Å². The van der Waals surface area contributed by atoms with E-state index in [1.165, 1.54) is 0 Å². The van der Waals surface area contributed by atoms with Gasteiger partial charge in [0.1, 0.15) is 0 Å². The number of nitrogens with one attached hydrogen (secondary N) is 1. The fourth-order valence-electron chi connectivity index (χ4n) is 2.13. The molecule has 0 radical (unpaired) electrons. The van der Waals surface area contributed by atoms with Crippen LogP contribution in [0.5, 0.6) is 0 Å². The van der Waals surface area contributed by atoms with Crippen molar-refractivity contribution in [2.45, 2.75) is 13.3 Å². The second kappa shape index (κ2) is 4.57. The lowest BCUT2D eigenvalue weighted by Gasteiger charge is -2.16. The Balaban J connectivity index is 2.18. The van der Waals surface area contributed by atoms with Gasteiger partial charge in [-0.3, -0.25) is 9.59 Å². The molecular formula is C13H16N2O2. The Hall–Kier alpha value is -1.84. The lowest BCUT2D eigenvalue weighted by atomic mass is 10.1. The molecule has 4 heteroatoms. The minimum Gasteiger partial charge on any atom is -0.359 e. The summed E-state index contributed by atoms with van der Waals surface area (Å²) in [7, 11) is 1.60. The van der Waals surface area contributed by atoms with Crippen molar-refractivity contribution in [1.82, 2.24) is 5.32 Å². The minimum atomic E-state index is -0.229. The Morgan fingerprint density at radius 1 is 1.47 bits per heavy atom. The van der Waals surface area contributed by atoms with Crippen LogP contribution in [-0.4, -0.2) is 25.4 Å². The number of anilines is 1. The zero-order valence-electron chi connectivity index (χ0n) is 10.1. The predicted molar refractivity (Wildman–Crippen MR) is 65.7 cm³/mol. The molecule has 0 saturated carbocycles. The third-order valence-electron chi connectivity index (χ3n) is 3.06. The van der Waals surface area contributed by atoms with Crippen LogP contribution in [0.25, 0.3) is 0 Å². The zero-order valence-corrected chi connectivity index (χ0v) is 10.1. The molecule has 1 saturated heterocycles. The highest BCUT2D eigenvalue weighted by Gasteiger charge is 2.34. The summed E-state index contributed by atoms with van der Waals surface area (Å²) in [6, 6.07) is 7.77. The first kappa shape index (κ1) is 11.6. The molecule has 1 N–H and O–H groups in total. The quantitative estimate of drug-likeness (QED) is 0.830. The predicted octanol–water partition coefficient (Wildman–Crippen LogP) is 1.09. The van der Waals surface area contributed by atoms with Crippen molar-refractivity contribution < 1.29 is 9.59 Å². The first-order valence-electron chi connectivity index (χ1n) is 5.70. The molecule has 1 fully saturated rings. The molecule has 1 aliphatic heterocycles. The van der Waals surface area contributed by atoms with Gasteiger partial charge < -0.3 is 10.2 Å². The molecule has 0 unspecified atom stereocenters. The van der Waals surface area contributed by atoms with Crippen LogP contribution in [-0.2, 0) is 9.59 Å². The van der Waals surface area contributed by atoms with Gasteiger partial charge in [0, 0.05) is 25.7 Å². The molecule has 0 bridgehead atoms. The average Bonchev–Trinajstić information content (AvgIpc) is 2.70. The minimum absolute atomic E-state index is 0.0178. The van der Waals surface area contributed by atoms with Gasteiger partial charge in [-0.25, -0.2) is 0 Å². The Kier molecular flexibility index (Phi) is 3.13. The lowest BCUT2D eigenvalue weighted by molar-refractivity contribution is -0.125. The van der Waals surface area contributed by atoms with Gasteiger partial charge in [-0.05, 0) is 24.6 Å². The summed E-state index contributed by atoms with van der Waals surface area (Å²) in [6.45, 7) is 2.46. The van der Waals surface area contributed by atoms with Crippen LogP contribution in [0.4, 0.5) is 5.69 Å². The van der Waals surface area contributed by atoms with E-state index in [0.717, 1.165) is 11.3 Å². The third-order valence-corrected chi connectivity index (χ3v) is 3.06. The summed E-state index contributed by atoms with van der Waals surface area (Å²) >= 11 is 0. The molecule has 4 nitrogen and oxygen atoms in total. The van der Waals surface area contributed by atoms with Crippen molar-refractivity contribution in [2.75, 3.05) is 18.5 Å². The van der Waals surface area contributed by atoms with Gasteiger partial charge >= 0.3 is 0 Å². The van der Waals surface area contributed by atoms with E-state index in [2.05, 4.69) is 5.32 Å². The molecule has 1 heterocycles. The normalized spacial score (nSPS) is 19.5. The van der Waals surface area contributed by atoms with E-state index >= 15 is 0 Å². The zero-order chi connectivity index (χ0) is 12.4. The molecule has 2 rings (SSSR count). The lowest BCUT2D eigenvalue weighted by Crippen LogP contribution is -2.30. The molecule has 0 aromatic heterocycles. The Labute approximate surface area is 101 Å². The second-order valence-electron chi connectivity index (χ2n) is 4.36. The van der Waals surface area contributed by atoms with Gasteiger partial charge in [0.2, 0.25) is 11.8 Å². The molecule has 1 aliphatic rings. The summed E-state index contributed by atoms with van der Waals surface area (Å²) in [4.78, 5) is 25.1. The van der Waals surface area contributed by atoms with Gasteiger partial charge in [0.15, 0.2) is 0 Å². The standard InChI is InChI=1S/C13H16N2O2/c1-9-4-3-5-11(6-9)15-8-10(7-12(15)16)13(17)14-2/h3-6,10H,7-8H2,1-2H3,(H,14,17)/t10-/m1/s1. The Bertz CT molecular complexity index is 456. The molecular weight excluding hydrogens is 216 g/mol. The van der Waals surface area contributed by atoms with Crippen LogP contribution in [0.2, 0.25) is 0 Å². The molecule has 90 valence electrons. The monoisotopic (exact) mass is 232 g/mol. The summed E-state index contributed by atoms with van der Waals surface area (Å²) in [5.41, 5.74) is 1.99. The van der Waals surface area contributed by atoms with Crippen LogP contribution in [0.3, 0.4) is 0 Å². The molecule has 0 spiro atoms. The Morgan fingerprint density at radius 2 is 2.24 bits per heavy atom. The highest BCUT2D eigenvalue weighted by molar-refractivity contribution is 6.00. The number of hydrogen-bond donors (Lipinski definition) is 1. The molecule has 1 aromatic carbocycles. The highest BCUT2D eigenvalue weighted by Crippen LogP contribution is 2.25. The number of nitrogens with zero attached hydrogens (tertiary/aromatic N) is 1. The average molecular weight is 232 g/mol. The number of amides is 2. The number of carbonyl (C=O) groups is 2. The van der Waals surface area contributed by atoms with Crippen molar-refractivity contribution in [3.63, 3.8) is 0 Å². The van der Waals surface area contributed by atoms with E-state index in [0.29, 0.717) is 13.0 Å². The summed E-state index contributed by atoms with van der Waals surface area (Å²) < 4.78 is 0. The second-order valence-corrected chi connectivity index (χ2v) is 4.36. The maximum absolute atomic E-state index is 11.9. The van der Waals surface area contributed by atoms with Crippen LogP contribution >= 0.6 is 0 Å². The molecule has 2 amide bonds. The summed E-state index contributed by atoms with van der Waals surface area (Å²) in [5.74, 6) is -0.272. The molecule has 1 atom stereocenters. The number of hydrogen-bond acceptors (Lipinski definition) is 2. The van der Waals surface area contributed by atoms with E-state index in [1.807, 2.05) is 31.2 Å². The maximum atomic E-state index is 11.9. The fourth-order valence-corrected chi connectivity index (χ4v) is 2.13. The van der Waals surface area contributed by atoms with Crippen molar-refractivity contribution in [2.24, 2.45) is 5.92 Å². The first-order chi connectivity index (χ1) is 8.11. The van der Waals surface area contributed by atoms with Crippen molar-refractivity contribution in [3.05, 3.63) is 29.8 Å². The van der Waals surface area contributed by atoms with E-state index in [9.17, 15) is 9.59 Å². The van der Waals surface area contributed by atoms with Gasteiger partial charge in [-0.15, -0.1) is 0 Å². The van der Waals surface area contributed by atoms with Crippen LogP contribution < -0.4 is 10.2 Å². The van der Waals surface area contributed by atoms with Crippen molar-refractivity contribution >= 4 is 17.5 Å². The fraction of sp³-hybridized carbons (Fsp3) is 0.385. The number of benzene rings is 1. The van der Waals surface area contributed by atoms with Crippen LogP contribution in [0.15, 0.2) is 24.3 Å². The first-order valence-corrected chi connectivity index (χ1v) is 5.70. The highest BCUT2D eigenvalue weighted by atomic mass is 16.2. The molecule has 0 aliphatic carbocycles. The van der Waals surface area contributed by atoms with Crippen LogP contribution in [0.1, 0.15) is 12.0 Å². The van der Waals surface area contributed by atoms with Gasteiger partial charge in [0.25, 0.3) is 0 Å². The number of carbonyl (C=O) groups excluding carboxylic acids is 2. The third kappa shape index (κ3) is 2.30. The van der Waals surface area contributed by atoms with Gasteiger partial charge in [-0.1, -0.05) is 12.1 Å². The number of rotatable bonds is 2.